The van der Waals surface area contributed by atoms with E-state index in [9.17, 15) is 10.2 Å². The first kappa shape index (κ1) is 20.6. The number of aliphatic hydroxyl groups excluding tert-OH is 2. The Labute approximate surface area is 157 Å². The van der Waals surface area contributed by atoms with Gasteiger partial charge in [0.15, 0.2) is 0 Å². The SMILES string of the molecule is CN(C)[C@H](Cc1ccccc1)[C@H](O)[C@@H](O)[C@@H](Cc1ccccc1)N(C)C. The minimum Gasteiger partial charge on any atom is -0.389 e. The zero-order valence-corrected chi connectivity index (χ0v) is 16.3. The molecule has 4 heteroatoms. The van der Waals surface area contributed by atoms with Crippen LogP contribution in [0.15, 0.2) is 60.7 Å². The fourth-order valence-corrected chi connectivity index (χ4v) is 3.38. The van der Waals surface area contributed by atoms with Crippen molar-refractivity contribution in [1.82, 2.24) is 9.80 Å². The van der Waals surface area contributed by atoms with Crippen molar-refractivity contribution in [2.75, 3.05) is 28.2 Å². The molecule has 2 aromatic carbocycles. The molecule has 0 aliphatic rings. The quantitative estimate of drug-likeness (QED) is 0.722. The molecule has 4 atom stereocenters. The summed E-state index contributed by atoms with van der Waals surface area (Å²) < 4.78 is 0. The molecule has 2 rings (SSSR count). The topological polar surface area (TPSA) is 46.9 Å². The molecule has 0 heterocycles. The molecular formula is C22H32N2O2. The third-order valence-corrected chi connectivity index (χ3v) is 5.04. The number of rotatable bonds is 9. The Morgan fingerprint density at radius 1 is 0.615 bits per heavy atom. The minimum absolute atomic E-state index is 0.161. The number of benzene rings is 2. The summed E-state index contributed by atoms with van der Waals surface area (Å²) in [6.45, 7) is 0. The number of nitrogens with zero attached hydrogens (tertiary/aromatic N) is 2. The average Bonchev–Trinajstić information content (AvgIpc) is 2.64. The van der Waals surface area contributed by atoms with Crippen LogP contribution in [-0.4, -0.2) is 72.5 Å². The van der Waals surface area contributed by atoms with Gasteiger partial charge in [0.2, 0.25) is 0 Å². The van der Waals surface area contributed by atoms with E-state index in [4.69, 9.17) is 0 Å². The molecule has 0 saturated carbocycles. The molecule has 0 fully saturated rings. The van der Waals surface area contributed by atoms with Crippen LogP contribution >= 0.6 is 0 Å². The number of likely N-dealkylation sites (N-methyl/N-ethyl adjacent to an activating group) is 2. The highest BCUT2D eigenvalue weighted by molar-refractivity contribution is 5.18. The standard InChI is InChI=1S/C22H32N2O2/c1-23(2)19(15-17-11-7-5-8-12-17)21(25)22(26)20(24(3)4)16-18-13-9-6-10-14-18/h5-14,19-22,25-26H,15-16H2,1-4H3/t19-,20-,21+,22+/m1/s1. The Balaban J connectivity index is 2.14. The molecule has 0 spiro atoms. The fraction of sp³-hybridized carbons (Fsp3) is 0.455. The predicted octanol–water partition coefficient (Wildman–Crippen LogP) is 2.05. The fourth-order valence-electron chi connectivity index (χ4n) is 3.38. The van der Waals surface area contributed by atoms with Crippen LogP contribution in [0.4, 0.5) is 0 Å². The van der Waals surface area contributed by atoms with Crippen molar-refractivity contribution in [3.05, 3.63) is 71.8 Å². The van der Waals surface area contributed by atoms with Crippen molar-refractivity contribution in [1.29, 1.82) is 0 Å². The second kappa shape index (κ2) is 9.83. The van der Waals surface area contributed by atoms with Gasteiger partial charge >= 0.3 is 0 Å². The summed E-state index contributed by atoms with van der Waals surface area (Å²) in [5.74, 6) is 0. The molecule has 0 aliphatic heterocycles. The first-order valence-electron chi connectivity index (χ1n) is 9.17. The van der Waals surface area contributed by atoms with Crippen LogP contribution in [0.1, 0.15) is 11.1 Å². The van der Waals surface area contributed by atoms with Crippen LogP contribution in [-0.2, 0) is 12.8 Å². The first-order chi connectivity index (χ1) is 12.4. The second-order valence-electron chi connectivity index (χ2n) is 7.42. The molecule has 142 valence electrons. The number of aliphatic hydroxyl groups is 2. The van der Waals surface area contributed by atoms with Gasteiger partial charge in [-0.2, -0.15) is 0 Å². The molecule has 2 aromatic rings. The largest absolute Gasteiger partial charge is 0.389 e. The van der Waals surface area contributed by atoms with Gasteiger partial charge in [0.1, 0.15) is 0 Å². The Kier molecular flexibility index (Phi) is 7.79. The summed E-state index contributed by atoms with van der Waals surface area (Å²) in [5, 5.41) is 22.0. The maximum Gasteiger partial charge on any atom is 0.0972 e. The van der Waals surface area contributed by atoms with Crippen LogP contribution in [0.5, 0.6) is 0 Å². The van der Waals surface area contributed by atoms with E-state index in [2.05, 4.69) is 24.3 Å². The van der Waals surface area contributed by atoms with Gasteiger partial charge < -0.3 is 20.0 Å². The Morgan fingerprint density at radius 3 is 1.19 bits per heavy atom. The minimum atomic E-state index is -0.846. The van der Waals surface area contributed by atoms with Gasteiger partial charge in [-0.1, -0.05) is 60.7 Å². The van der Waals surface area contributed by atoms with Gasteiger partial charge in [0.05, 0.1) is 12.2 Å². The summed E-state index contributed by atoms with van der Waals surface area (Å²) in [5.41, 5.74) is 2.31. The molecule has 4 nitrogen and oxygen atoms in total. The average molecular weight is 357 g/mol. The lowest BCUT2D eigenvalue weighted by Gasteiger charge is -2.37. The van der Waals surface area contributed by atoms with E-state index in [0.717, 1.165) is 11.1 Å². The van der Waals surface area contributed by atoms with Gasteiger partial charge in [-0.3, -0.25) is 0 Å². The molecule has 0 aromatic heterocycles. The Morgan fingerprint density at radius 2 is 0.923 bits per heavy atom. The van der Waals surface area contributed by atoms with Crippen molar-refractivity contribution in [2.45, 2.75) is 37.1 Å². The zero-order valence-electron chi connectivity index (χ0n) is 16.3. The molecule has 26 heavy (non-hydrogen) atoms. The van der Waals surface area contributed by atoms with Crippen LogP contribution in [0.2, 0.25) is 0 Å². The van der Waals surface area contributed by atoms with Crippen LogP contribution < -0.4 is 0 Å². The van der Waals surface area contributed by atoms with E-state index in [1.54, 1.807) is 0 Å². The second-order valence-corrected chi connectivity index (χ2v) is 7.42. The maximum atomic E-state index is 11.0. The number of hydrogen-bond donors (Lipinski definition) is 2. The molecule has 0 aliphatic carbocycles. The smallest absolute Gasteiger partial charge is 0.0972 e. The van der Waals surface area contributed by atoms with E-state index in [-0.39, 0.29) is 12.1 Å². The van der Waals surface area contributed by atoms with Gasteiger partial charge in [0.25, 0.3) is 0 Å². The van der Waals surface area contributed by atoms with Crippen LogP contribution in [0.25, 0.3) is 0 Å². The van der Waals surface area contributed by atoms with Crippen molar-refractivity contribution in [3.8, 4) is 0 Å². The van der Waals surface area contributed by atoms with E-state index in [1.807, 2.05) is 74.4 Å². The third kappa shape index (κ3) is 5.64. The van der Waals surface area contributed by atoms with E-state index in [1.165, 1.54) is 0 Å². The number of hydrogen-bond acceptors (Lipinski definition) is 4. The lowest BCUT2D eigenvalue weighted by Crippen LogP contribution is -2.54. The molecule has 0 bridgehead atoms. The molecule has 0 unspecified atom stereocenters. The van der Waals surface area contributed by atoms with Crippen molar-refractivity contribution in [2.24, 2.45) is 0 Å². The first-order valence-corrected chi connectivity index (χ1v) is 9.17. The van der Waals surface area contributed by atoms with Crippen molar-refractivity contribution >= 4 is 0 Å². The van der Waals surface area contributed by atoms with Crippen molar-refractivity contribution in [3.63, 3.8) is 0 Å². The van der Waals surface area contributed by atoms with E-state index < -0.39 is 12.2 Å². The molecule has 2 N–H and O–H groups in total. The van der Waals surface area contributed by atoms with E-state index >= 15 is 0 Å². The van der Waals surface area contributed by atoms with Crippen LogP contribution in [0.3, 0.4) is 0 Å². The van der Waals surface area contributed by atoms with E-state index in [0.29, 0.717) is 12.8 Å². The summed E-state index contributed by atoms with van der Waals surface area (Å²) in [7, 11) is 7.80. The predicted molar refractivity (Wildman–Crippen MR) is 107 cm³/mol. The lowest BCUT2D eigenvalue weighted by atomic mass is 9.90. The van der Waals surface area contributed by atoms with Gasteiger partial charge in [-0.05, 0) is 52.2 Å². The summed E-state index contributed by atoms with van der Waals surface area (Å²) >= 11 is 0. The monoisotopic (exact) mass is 356 g/mol. The van der Waals surface area contributed by atoms with Gasteiger partial charge in [-0.15, -0.1) is 0 Å². The lowest BCUT2D eigenvalue weighted by molar-refractivity contribution is -0.0611. The van der Waals surface area contributed by atoms with Gasteiger partial charge in [-0.25, -0.2) is 0 Å². The molecular weight excluding hydrogens is 324 g/mol. The normalized spacial score (nSPS) is 16.5. The van der Waals surface area contributed by atoms with Crippen LogP contribution in [0, 0.1) is 0 Å². The zero-order chi connectivity index (χ0) is 19.1. The summed E-state index contributed by atoms with van der Waals surface area (Å²) in [6.07, 6.45) is -0.308. The summed E-state index contributed by atoms with van der Waals surface area (Å²) in [4.78, 5) is 3.99. The molecule has 0 amide bonds. The Hall–Kier alpha value is -1.72. The third-order valence-electron chi connectivity index (χ3n) is 5.04. The highest BCUT2D eigenvalue weighted by Crippen LogP contribution is 2.19. The summed E-state index contributed by atoms with van der Waals surface area (Å²) in [6, 6.07) is 19.9. The Bertz CT molecular complexity index is 574. The van der Waals surface area contributed by atoms with Gasteiger partial charge in [0, 0.05) is 12.1 Å². The molecule has 0 radical (unpaired) electrons. The highest BCUT2D eigenvalue weighted by Gasteiger charge is 2.34. The maximum absolute atomic E-state index is 11.0. The van der Waals surface area contributed by atoms with Crippen molar-refractivity contribution < 1.29 is 10.2 Å². The highest BCUT2D eigenvalue weighted by atomic mass is 16.3. The molecule has 0 saturated heterocycles.